The van der Waals surface area contributed by atoms with Crippen molar-refractivity contribution in [2.24, 2.45) is 0 Å². The highest BCUT2D eigenvalue weighted by molar-refractivity contribution is 5.94. The van der Waals surface area contributed by atoms with Crippen molar-refractivity contribution in [2.75, 3.05) is 31.1 Å². The van der Waals surface area contributed by atoms with E-state index in [-0.39, 0.29) is 5.91 Å². The molecule has 3 aromatic carbocycles. The number of benzene rings is 3. The summed E-state index contributed by atoms with van der Waals surface area (Å²) in [5, 5.41) is 2.98. The van der Waals surface area contributed by atoms with Gasteiger partial charge in [0.25, 0.3) is 5.91 Å². The lowest BCUT2D eigenvalue weighted by molar-refractivity contribution is 0.0951. The van der Waals surface area contributed by atoms with Crippen LogP contribution in [0.4, 0.5) is 5.69 Å². The van der Waals surface area contributed by atoms with E-state index in [2.05, 4.69) is 57.6 Å². The molecule has 29 heavy (non-hydrogen) atoms. The first-order valence-corrected chi connectivity index (χ1v) is 10.2. The molecular weight excluding hydrogens is 358 g/mol. The van der Waals surface area contributed by atoms with E-state index in [9.17, 15) is 4.79 Å². The van der Waals surface area contributed by atoms with Gasteiger partial charge in [0.05, 0.1) is 0 Å². The van der Waals surface area contributed by atoms with Gasteiger partial charge in [-0.3, -0.25) is 9.69 Å². The molecule has 0 spiro atoms. The Balaban J connectivity index is 1.26. The Morgan fingerprint density at radius 1 is 0.724 bits per heavy atom. The Labute approximate surface area is 172 Å². The van der Waals surface area contributed by atoms with Crippen molar-refractivity contribution >= 4 is 11.6 Å². The maximum atomic E-state index is 12.4. The van der Waals surface area contributed by atoms with Crippen LogP contribution in [-0.2, 0) is 13.1 Å². The maximum absolute atomic E-state index is 12.4. The zero-order valence-corrected chi connectivity index (χ0v) is 16.6. The van der Waals surface area contributed by atoms with Gasteiger partial charge in [0.2, 0.25) is 0 Å². The topological polar surface area (TPSA) is 35.6 Å². The first-order valence-electron chi connectivity index (χ1n) is 10.2. The minimum Gasteiger partial charge on any atom is -0.369 e. The monoisotopic (exact) mass is 385 g/mol. The molecule has 1 fully saturated rings. The molecule has 1 aliphatic heterocycles. The van der Waals surface area contributed by atoms with Crippen LogP contribution in [0, 0.1) is 0 Å². The summed E-state index contributed by atoms with van der Waals surface area (Å²) in [7, 11) is 0. The molecule has 1 amide bonds. The second-order valence-electron chi connectivity index (χ2n) is 7.46. The molecule has 1 aliphatic rings. The number of hydrogen-bond acceptors (Lipinski definition) is 3. The summed E-state index contributed by atoms with van der Waals surface area (Å²) >= 11 is 0. The molecular formula is C25H27N3O. The van der Waals surface area contributed by atoms with Crippen LogP contribution in [0.5, 0.6) is 0 Å². The van der Waals surface area contributed by atoms with Gasteiger partial charge in [0.15, 0.2) is 0 Å². The molecule has 1 N–H and O–H groups in total. The number of nitrogens with zero attached hydrogens (tertiary/aromatic N) is 2. The fourth-order valence-corrected chi connectivity index (χ4v) is 3.70. The molecule has 0 unspecified atom stereocenters. The van der Waals surface area contributed by atoms with Gasteiger partial charge >= 0.3 is 0 Å². The van der Waals surface area contributed by atoms with E-state index in [0.29, 0.717) is 12.1 Å². The number of nitrogens with one attached hydrogen (secondary N) is 1. The molecule has 3 aromatic rings. The minimum atomic E-state index is -0.0307. The van der Waals surface area contributed by atoms with Crippen molar-refractivity contribution in [3.05, 3.63) is 102 Å². The molecule has 148 valence electrons. The summed E-state index contributed by atoms with van der Waals surface area (Å²) in [6, 6.07) is 28.6. The number of amides is 1. The number of piperazine rings is 1. The Morgan fingerprint density at radius 2 is 1.34 bits per heavy atom. The molecule has 0 radical (unpaired) electrons. The highest BCUT2D eigenvalue weighted by Gasteiger charge is 2.17. The van der Waals surface area contributed by atoms with Crippen LogP contribution < -0.4 is 10.2 Å². The third kappa shape index (κ3) is 5.24. The van der Waals surface area contributed by atoms with Crippen LogP contribution in [0.15, 0.2) is 84.9 Å². The molecule has 0 bridgehead atoms. The second kappa shape index (κ2) is 9.39. The number of anilines is 1. The van der Waals surface area contributed by atoms with Crippen LogP contribution in [-0.4, -0.2) is 37.0 Å². The van der Waals surface area contributed by atoms with Gasteiger partial charge in [0.1, 0.15) is 0 Å². The summed E-state index contributed by atoms with van der Waals surface area (Å²) < 4.78 is 0. The Kier molecular flexibility index (Phi) is 6.22. The lowest BCUT2D eigenvalue weighted by Crippen LogP contribution is -2.45. The summed E-state index contributed by atoms with van der Waals surface area (Å²) in [6.45, 7) is 5.66. The average molecular weight is 386 g/mol. The van der Waals surface area contributed by atoms with Crippen LogP contribution >= 0.6 is 0 Å². The molecule has 4 nitrogen and oxygen atoms in total. The van der Waals surface area contributed by atoms with Crippen molar-refractivity contribution in [2.45, 2.75) is 13.1 Å². The largest absolute Gasteiger partial charge is 0.369 e. The van der Waals surface area contributed by atoms with Crippen molar-refractivity contribution < 1.29 is 4.79 Å². The maximum Gasteiger partial charge on any atom is 0.251 e. The molecule has 1 heterocycles. The van der Waals surface area contributed by atoms with E-state index >= 15 is 0 Å². The van der Waals surface area contributed by atoms with E-state index in [1.54, 1.807) is 0 Å². The Bertz CT molecular complexity index is 902. The van der Waals surface area contributed by atoms with E-state index < -0.39 is 0 Å². The standard InChI is InChI=1S/C25H27N3O/c29-25(26-19-21-7-3-1-4-8-21)23-13-11-22(12-14-23)20-27-15-17-28(18-16-27)24-9-5-2-6-10-24/h1-14H,15-20H2,(H,26,29). The van der Waals surface area contributed by atoms with Gasteiger partial charge in [-0.25, -0.2) is 0 Å². The zero-order chi connectivity index (χ0) is 19.9. The van der Waals surface area contributed by atoms with Crippen molar-refractivity contribution in [3.8, 4) is 0 Å². The quantitative estimate of drug-likeness (QED) is 0.698. The SMILES string of the molecule is O=C(NCc1ccccc1)c1ccc(CN2CCN(c3ccccc3)CC2)cc1. The van der Waals surface area contributed by atoms with Gasteiger partial charge in [-0.05, 0) is 35.4 Å². The fourth-order valence-electron chi connectivity index (χ4n) is 3.70. The normalized spacial score (nSPS) is 14.6. The predicted molar refractivity (Wildman–Crippen MR) is 118 cm³/mol. The molecule has 0 aromatic heterocycles. The summed E-state index contributed by atoms with van der Waals surface area (Å²) in [4.78, 5) is 17.3. The molecule has 4 heteroatoms. The average Bonchev–Trinajstić information content (AvgIpc) is 2.80. The minimum absolute atomic E-state index is 0.0307. The van der Waals surface area contributed by atoms with E-state index in [4.69, 9.17) is 0 Å². The Morgan fingerprint density at radius 3 is 2.00 bits per heavy atom. The van der Waals surface area contributed by atoms with Crippen LogP contribution in [0.3, 0.4) is 0 Å². The highest BCUT2D eigenvalue weighted by atomic mass is 16.1. The Hall–Kier alpha value is -3.11. The first kappa shape index (κ1) is 19.2. The van der Waals surface area contributed by atoms with Crippen molar-refractivity contribution in [1.29, 1.82) is 0 Å². The molecule has 0 saturated carbocycles. The number of carbonyl (C=O) groups excluding carboxylic acids is 1. The number of carbonyl (C=O) groups is 1. The third-order valence-electron chi connectivity index (χ3n) is 5.41. The van der Waals surface area contributed by atoms with Gasteiger partial charge in [-0.2, -0.15) is 0 Å². The number of rotatable bonds is 6. The molecule has 0 atom stereocenters. The number of para-hydroxylation sites is 1. The summed E-state index contributed by atoms with van der Waals surface area (Å²) in [5.74, 6) is -0.0307. The highest BCUT2D eigenvalue weighted by Crippen LogP contribution is 2.17. The van der Waals surface area contributed by atoms with E-state index in [1.165, 1.54) is 11.3 Å². The van der Waals surface area contributed by atoms with Crippen molar-refractivity contribution in [1.82, 2.24) is 10.2 Å². The van der Waals surface area contributed by atoms with Gasteiger partial charge in [0, 0.05) is 50.5 Å². The molecule has 4 rings (SSSR count). The van der Waals surface area contributed by atoms with E-state index in [1.807, 2.05) is 42.5 Å². The smallest absolute Gasteiger partial charge is 0.251 e. The molecule has 0 aliphatic carbocycles. The van der Waals surface area contributed by atoms with Gasteiger partial charge in [-0.15, -0.1) is 0 Å². The molecule has 1 saturated heterocycles. The van der Waals surface area contributed by atoms with Crippen molar-refractivity contribution in [3.63, 3.8) is 0 Å². The van der Waals surface area contributed by atoms with Gasteiger partial charge in [-0.1, -0.05) is 60.7 Å². The predicted octanol–water partition coefficient (Wildman–Crippen LogP) is 3.94. The van der Waals surface area contributed by atoms with Crippen LogP contribution in [0.25, 0.3) is 0 Å². The second-order valence-corrected chi connectivity index (χ2v) is 7.46. The lowest BCUT2D eigenvalue weighted by atomic mass is 10.1. The first-order chi connectivity index (χ1) is 14.3. The third-order valence-corrected chi connectivity index (χ3v) is 5.41. The lowest BCUT2D eigenvalue weighted by Gasteiger charge is -2.36. The zero-order valence-electron chi connectivity index (χ0n) is 16.6. The number of hydrogen-bond donors (Lipinski definition) is 1. The van der Waals surface area contributed by atoms with E-state index in [0.717, 1.165) is 38.3 Å². The van der Waals surface area contributed by atoms with Crippen LogP contribution in [0.2, 0.25) is 0 Å². The van der Waals surface area contributed by atoms with Gasteiger partial charge < -0.3 is 10.2 Å². The summed E-state index contributed by atoms with van der Waals surface area (Å²) in [5.41, 5.74) is 4.36. The summed E-state index contributed by atoms with van der Waals surface area (Å²) in [6.07, 6.45) is 0. The fraction of sp³-hybridized carbons (Fsp3) is 0.240. The van der Waals surface area contributed by atoms with Crippen LogP contribution in [0.1, 0.15) is 21.5 Å².